The third-order valence-electron chi connectivity index (χ3n) is 4.20. The molecule has 0 atom stereocenters. The van der Waals surface area contributed by atoms with E-state index in [1.54, 1.807) is 12.1 Å². The van der Waals surface area contributed by atoms with Crippen LogP contribution in [0.1, 0.15) is 45.2 Å². The monoisotopic (exact) mass is 344 g/mol. The Balaban J connectivity index is 2.72. The summed E-state index contributed by atoms with van der Waals surface area (Å²) < 4.78 is 32.8. The number of fused-ring (bicyclic) bond motifs is 1. The van der Waals surface area contributed by atoms with Crippen LogP contribution in [0.2, 0.25) is 0 Å². The Morgan fingerprint density at radius 1 is 1.08 bits per heavy atom. The molecule has 0 aliphatic heterocycles. The Labute approximate surface area is 144 Å². The largest absolute Gasteiger partial charge is 0.294 e. The maximum absolute atomic E-state index is 11.6. The van der Waals surface area contributed by atoms with E-state index in [1.807, 2.05) is 32.9 Å². The van der Waals surface area contributed by atoms with Gasteiger partial charge >= 0.3 is 0 Å². The van der Waals surface area contributed by atoms with Gasteiger partial charge in [-0.1, -0.05) is 42.8 Å². The van der Waals surface area contributed by atoms with Gasteiger partial charge in [0.25, 0.3) is 10.1 Å². The molecule has 128 valence electrons. The number of benzene rings is 2. The van der Waals surface area contributed by atoms with Gasteiger partial charge in [0, 0.05) is 0 Å². The Morgan fingerprint density at radius 2 is 1.79 bits per heavy atom. The van der Waals surface area contributed by atoms with E-state index in [-0.39, 0.29) is 4.90 Å². The van der Waals surface area contributed by atoms with E-state index in [4.69, 9.17) is 0 Å². The summed E-state index contributed by atoms with van der Waals surface area (Å²) in [7, 11) is -4.25. The molecule has 0 amide bonds. The van der Waals surface area contributed by atoms with Gasteiger partial charge in [-0.25, -0.2) is 0 Å². The van der Waals surface area contributed by atoms with E-state index in [2.05, 4.69) is 25.1 Å². The predicted molar refractivity (Wildman–Crippen MR) is 101 cm³/mol. The lowest BCUT2D eigenvalue weighted by Crippen LogP contribution is -2.00. The number of rotatable bonds is 5. The van der Waals surface area contributed by atoms with Crippen molar-refractivity contribution < 1.29 is 13.0 Å². The number of hydrogen-bond donors (Lipinski definition) is 1. The van der Waals surface area contributed by atoms with Crippen LogP contribution in [-0.4, -0.2) is 13.0 Å². The van der Waals surface area contributed by atoms with Crippen LogP contribution in [0.3, 0.4) is 0 Å². The van der Waals surface area contributed by atoms with Gasteiger partial charge in [0.1, 0.15) is 0 Å². The Morgan fingerprint density at radius 3 is 2.38 bits per heavy atom. The van der Waals surface area contributed by atoms with Crippen LogP contribution in [-0.2, 0) is 16.5 Å². The van der Waals surface area contributed by atoms with Gasteiger partial charge in [0.2, 0.25) is 0 Å². The lowest BCUT2D eigenvalue weighted by atomic mass is 9.95. The third kappa shape index (κ3) is 4.13. The number of allylic oxidation sites excluding steroid dienone is 4. The number of hydrogen-bond acceptors (Lipinski definition) is 2. The van der Waals surface area contributed by atoms with E-state index < -0.39 is 10.1 Å². The lowest BCUT2D eigenvalue weighted by Gasteiger charge is -2.12. The summed E-state index contributed by atoms with van der Waals surface area (Å²) in [5, 5.41) is 1.81. The molecule has 2 rings (SSSR count). The van der Waals surface area contributed by atoms with E-state index in [0.717, 1.165) is 45.9 Å². The second kappa shape index (κ2) is 7.32. The van der Waals surface area contributed by atoms with Crippen LogP contribution < -0.4 is 0 Å². The molecule has 0 aliphatic carbocycles. The summed E-state index contributed by atoms with van der Waals surface area (Å²) in [5.74, 6) is 0. The summed E-state index contributed by atoms with van der Waals surface area (Å²) in [6.45, 7) is 8.04. The topological polar surface area (TPSA) is 54.4 Å². The van der Waals surface area contributed by atoms with E-state index >= 15 is 0 Å². The van der Waals surface area contributed by atoms with Crippen molar-refractivity contribution in [3.8, 4) is 0 Å². The minimum absolute atomic E-state index is 0.0631. The lowest BCUT2D eigenvalue weighted by molar-refractivity contribution is 0.483. The first-order chi connectivity index (χ1) is 11.2. The Bertz CT molecular complexity index is 915. The van der Waals surface area contributed by atoms with Gasteiger partial charge in [-0.3, -0.25) is 4.55 Å². The van der Waals surface area contributed by atoms with Crippen molar-refractivity contribution in [2.24, 2.45) is 0 Å². The summed E-state index contributed by atoms with van der Waals surface area (Å²) in [5.41, 5.74) is 4.08. The highest BCUT2D eigenvalue weighted by Crippen LogP contribution is 2.31. The van der Waals surface area contributed by atoms with Crippen LogP contribution >= 0.6 is 0 Å². The fourth-order valence-electron chi connectivity index (χ4n) is 2.63. The maximum Gasteiger partial charge on any atom is 0.294 e. The van der Waals surface area contributed by atoms with Gasteiger partial charge in [-0.2, -0.15) is 8.42 Å². The van der Waals surface area contributed by atoms with Crippen LogP contribution in [0.4, 0.5) is 0 Å². The molecule has 0 aliphatic rings. The van der Waals surface area contributed by atoms with Gasteiger partial charge < -0.3 is 0 Å². The van der Waals surface area contributed by atoms with Crippen LogP contribution in [0.15, 0.2) is 53.0 Å². The third-order valence-corrected chi connectivity index (χ3v) is 5.03. The SMILES string of the molecule is CCC=CCc1ccc2c(C(C)=C(C)C)cc(S(=O)(=O)O)cc2c1. The van der Waals surface area contributed by atoms with Crippen LogP contribution in [0, 0.1) is 0 Å². The average molecular weight is 344 g/mol. The fourth-order valence-corrected chi connectivity index (χ4v) is 3.18. The van der Waals surface area contributed by atoms with Crippen molar-refractivity contribution >= 4 is 26.5 Å². The molecule has 1 N–H and O–H groups in total. The zero-order chi connectivity index (χ0) is 17.9. The van der Waals surface area contributed by atoms with Gasteiger partial charge in [0.15, 0.2) is 0 Å². The smallest absolute Gasteiger partial charge is 0.282 e. The van der Waals surface area contributed by atoms with Crippen LogP contribution in [0.25, 0.3) is 16.3 Å². The molecule has 2 aromatic rings. The summed E-state index contributed by atoms with van der Waals surface area (Å²) >= 11 is 0. The zero-order valence-electron chi connectivity index (χ0n) is 14.6. The second-order valence-electron chi connectivity index (χ2n) is 6.21. The average Bonchev–Trinajstić information content (AvgIpc) is 2.52. The Hall–Kier alpha value is -1.91. The highest BCUT2D eigenvalue weighted by atomic mass is 32.2. The molecule has 3 nitrogen and oxygen atoms in total. The van der Waals surface area contributed by atoms with Gasteiger partial charge in [-0.15, -0.1) is 0 Å². The molecule has 0 fully saturated rings. The van der Waals surface area contributed by atoms with Gasteiger partial charge in [0.05, 0.1) is 4.90 Å². The maximum atomic E-state index is 11.6. The van der Waals surface area contributed by atoms with E-state index in [0.29, 0.717) is 0 Å². The second-order valence-corrected chi connectivity index (χ2v) is 7.63. The summed E-state index contributed by atoms with van der Waals surface area (Å²) in [4.78, 5) is -0.0631. The Kier molecular flexibility index (Phi) is 5.62. The van der Waals surface area contributed by atoms with Crippen molar-refractivity contribution in [1.29, 1.82) is 0 Å². The minimum Gasteiger partial charge on any atom is -0.282 e. The molecule has 0 saturated heterocycles. The normalized spacial score (nSPS) is 12.0. The molecule has 0 spiro atoms. The first-order valence-corrected chi connectivity index (χ1v) is 9.51. The quantitative estimate of drug-likeness (QED) is 0.583. The first-order valence-electron chi connectivity index (χ1n) is 8.07. The van der Waals surface area contributed by atoms with Crippen molar-refractivity contribution in [2.45, 2.75) is 45.4 Å². The molecular formula is C20H24O3S. The molecule has 0 heterocycles. The fraction of sp³-hybridized carbons (Fsp3) is 0.300. The summed E-state index contributed by atoms with van der Waals surface area (Å²) in [6, 6.07) is 9.18. The highest BCUT2D eigenvalue weighted by molar-refractivity contribution is 7.85. The highest BCUT2D eigenvalue weighted by Gasteiger charge is 2.15. The van der Waals surface area contributed by atoms with Crippen LogP contribution in [0.5, 0.6) is 0 Å². The molecule has 0 bridgehead atoms. The predicted octanol–water partition coefficient (Wildman–Crippen LogP) is 5.41. The summed E-state index contributed by atoms with van der Waals surface area (Å²) in [6.07, 6.45) is 6.01. The molecule has 0 saturated carbocycles. The van der Waals surface area contributed by atoms with Crippen molar-refractivity contribution in [1.82, 2.24) is 0 Å². The zero-order valence-corrected chi connectivity index (χ0v) is 15.4. The molecule has 4 heteroatoms. The molecule has 0 radical (unpaired) electrons. The van der Waals surface area contributed by atoms with Crippen molar-refractivity contribution in [3.63, 3.8) is 0 Å². The van der Waals surface area contributed by atoms with E-state index in [1.165, 1.54) is 0 Å². The molecule has 0 unspecified atom stereocenters. The molecular weight excluding hydrogens is 320 g/mol. The molecule has 0 aromatic heterocycles. The molecule has 24 heavy (non-hydrogen) atoms. The van der Waals surface area contributed by atoms with Crippen molar-refractivity contribution in [2.75, 3.05) is 0 Å². The molecule has 2 aromatic carbocycles. The standard InChI is InChI=1S/C20H24O3S/c1-5-6-7-8-16-9-10-19-17(11-16)12-18(24(21,22)23)13-20(19)15(4)14(2)3/h6-7,9-13H,5,8H2,1-4H3,(H,21,22,23). The van der Waals surface area contributed by atoms with Crippen molar-refractivity contribution in [3.05, 3.63) is 59.2 Å². The van der Waals surface area contributed by atoms with E-state index in [9.17, 15) is 13.0 Å². The first kappa shape index (κ1) is 18.4. The minimum atomic E-state index is -4.25. The van der Waals surface area contributed by atoms with Gasteiger partial charge in [-0.05, 0) is 73.2 Å².